The van der Waals surface area contributed by atoms with Crippen molar-refractivity contribution < 1.29 is 0 Å². The smallest absolute Gasteiger partial charge is 0.0491 e. The van der Waals surface area contributed by atoms with E-state index in [2.05, 4.69) is 207 Å². The molecule has 0 spiro atoms. The zero-order valence-electron chi connectivity index (χ0n) is 31.5. The number of rotatable bonds is 6. The van der Waals surface area contributed by atoms with Crippen molar-refractivity contribution in [2.75, 3.05) is 0 Å². The average Bonchev–Trinajstić information content (AvgIpc) is 3.56. The topological polar surface area (TPSA) is 4.93 Å². The van der Waals surface area contributed by atoms with E-state index >= 15 is 0 Å². The lowest BCUT2D eigenvalue weighted by molar-refractivity contribution is 0.827. The molecular weight excluding hydrogens is 663 g/mol. The second-order valence-electron chi connectivity index (χ2n) is 14.9. The quantitative estimate of drug-likeness (QED) is 0.152. The van der Waals surface area contributed by atoms with E-state index in [0.717, 1.165) is 6.54 Å². The van der Waals surface area contributed by atoms with E-state index in [-0.39, 0.29) is 0 Å². The SMILES string of the molecule is CCn1c2ccccc2c2cc(-c3ccc(-c4ccc(-c5c6ccc(C)cc6c(-c6ccc(-c7ccccc7)cc6)c6ccc(C)cc56)cc4)cc3)ccc21. The van der Waals surface area contributed by atoms with E-state index in [1.807, 2.05) is 0 Å². The van der Waals surface area contributed by atoms with Crippen LogP contribution in [0.25, 0.3) is 99.0 Å². The predicted octanol–water partition coefficient (Wildman–Crippen LogP) is 15.1. The van der Waals surface area contributed by atoms with Gasteiger partial charge in [0.25, 0.3) is 0 Å². The van der Waals surface area contributed by atoms with Gasteiger partial charge in [0.1, 0.15) is 0 Å². The van der Waals surface area contributed by atoms with Crippen LogP contribution in [0.2, 0.25) is 0 Å². The molecular formula is C54H41N. The molecule has 55 heavy (non-hydrogen) atoms. The number of nitrogens with zero attached hydrogens (tertiary/aromatic N) is 1. The summed E-state index contributed by atoms with van der Waals surface area (Å²) in [5, 5.41) is 7.76. The number of hydrogen-bond acceptors (Lipinski definition) is 0. The van der Waals surface area contributed by atoms with E-state index in [1.165, 1.54) is 110 Å². The summed E-state index contributed by atoms with van der Waals surface area (Å²) in [7, 11) is 0. The fourth-order valence-corrected chi connectivity index (χ4v) is 8.80. The van der Waals surface area contributed by atoms with E-state index in [4.69, 9.17) is 0 Å². The van der Waals surface area contributed by atoms with Crippen molar-refractivity contribution in [3.8, 4) is 55.6 Å². The number of hydrogen-bond donors (Lipinski definition) is 0. The predicted molar refractivity (Wildman–Crippen MR) is 237 cm³/mol. The normalized spacial score (nSPS) is 11.6. The van der Waals surface area contributed by atoms with Crippen LogP contribution in [0.5, 0.6) is 0 Å². The Balaban J connectivity index is 1.03. The maximum absolute atomic E-state index is 2.41. The Hall–Kier alpha value is -6.70. The first-order valence-corrected chi connectivity index (χ1v) is 19.4. The highest BCUT2D eigenvalue weighted by Crippen LogP contribution is 2.45. The summed E-state index contributed by atoms with van der Waals surface area (Å²) in [6.45, 7) is 7.58. The maximum Gasteiger partial charge on any atom is 0.0491 e. The molecule has 0 fully saturated rings. The van der Waals surface area contributed by atoms with Gasteiger partial charge in [-0.25, -0.2) is 0 Å². The minimum Gasteiger partial charge on any atom is -0.341 e. The van der Waals surface area contributed by atoms with Crippen molar-refractivity contribution in [1.82, 2.24) is 4.57 Å². The first kappa shape index (κ1) is 32.9. The molecule has 0 unspecified atom stereocenters. The summed E-state index contributed by atoms with van der Waals surface area (Å²) in [5.74, 6) is 0. The lowest BCUT2D eigenvalue weighted by atomic mass is 9.84. The van der Waals surface area contributed by atoms with Gasteiger partial charge in [-0.3, -0.25) is 0 Å². The van der Waals surface area contributed by atoms with Crippen molar-refractivity contribution >= 4 is 43.4 Å². The lowest BCUT2D eigenvalue weighted by Gasteiger charge is -2.19. The molecule has 0 radical (unpaired) electrons. The summed E-state index contributed by atoms with van der Waals surface area (Å²) in [4.78, 5) is 0. The largest absolute Gasteiger partial charge is 0.341 e. The van der Waals surface area contributed by atoms with E-state index < -0.39 is 0 Å². The lowest BCUT2D eigenvalue weighted by Crippen LogP contribution is -1.92. The first-order chi connectivity index (χ1) is 27.0. The standard InChI is InChI=1S/C54H41N/c1-4-55-51-13-9-8-12-45(51)48-34-44(28-31-52(48)55)41-18-16-39(17-19-41)40-22-26-43(27-23-40)54-47-30-15-35(2)32-49(47)53(46-29-14-36(3)33-50(46)54)42-24-20-38(21-25-42)37-10-6-5-7-11-37/h5-34H,4H2,1-3H3. The molecule has 0 atom stereocenters. The highest BCUT2D eigenvalue weighted by molar-refractivity contribution is 6.21. The fourth-order valence-electron chi connectivity index (χ4n) is 8.80. The third kappa shape index (κ3) is 5.63. The molecule has 0 aliphatic heterocycles. The van der Waals surface area contributed by atoms with Gasteiger partial charge in [-0.15, -0.1) is 0 Å². The van der Waals surface area contributed by atoms with Gasteiger partial charge in [0, 0.05) is 28.4 Å². The van der Waals surface area contributed by atoms with Gasteiger partial charge in [0.05, 0.1) is 0 Å². The van der Waals surface area contributed by atoms with E-state index in [0.29, 0.717) is 0 Å². The Morgan fingerprint density at radius 3 is 1.25 bits per heavy atom. The number of fused-ring (bicyclic) bond motifs is 5. The Kier molecular flexibility index (Phi) is 7.96. The van der Waals surface area contributed by atoms with Gasteiger partial charge in [-0.05, 0) is 116 Å². The van der Waals surface area contributed by atoms with Crippen LogP contribution in [0.1, 0.15) is 18.1 Å². The maximum atomic E-state index is 2.41. The molecule has 0 aliphatic rings. The van der Waals surface area contributed by atoms with Crippen LogP contribution >= 0.6 is 0 Å². The van der Waals surface area contributed by atoms with Crippen LogP contribution in [0.3, 0.4) is 0 Å². The van der Waals surface area contributed by atoms with Crippen LogP contribution in [0, 0.1) is 13.8 Å². The zero-order chi connectivity index (χ0) is 37.0. The molecule has 9 aromatic carbocycles. The average molecular weight is 704 g/mol. The van der Waals surface area contributed by atoms with Crippen molar-refractivity contribution in [3.63, 3.8) is 0 Å². The highest BCUT2D eigenvalue weighted by Gasteiger charge is 2.18. The van der Waals surface area contributed by atoms with Crippen LogP contribution in [-0.2, 0) is 6.54 Å². The minimum absolute atomic E-state index is 0.956. The molecule has 0 aliphatic carbocycles. The molecule has 10 rings (SSSR count). The third-order valence-electron chi connectivity index (χ3n) is 11.5. The molecule has 1 heterocycles. The second kappa shape index (κ2) is 13.3. The molecule has 262 valence electrons. The van der Waals surface area contributed by atoms with Crippen LogP contribution in [0.4, 0.5) is 0 Å². The zero-order valence-corrected chi connectivity index (χ0v) is 31.5. The van der Waals surface area contributed by atoms with Crippen molar-refractivity contribution in [3.05, 3.63) is 193 Å². The van der Waals surface area contributed by atoms with Gasteiger partial charge in [-0.1, -0.05) is 175 Å². The van der Waals surface area contributed by atoms with Gasteiger partial charge in [0.2, 0.25) is 0 Å². The molecule has 1 aromatic heterocycles. The van der Waals surface area contributed by atoms with E-state index in [1.54, 1.807) is 0 Å². The van der Waals surface area contributed by atoms with Gasteiger partial charge < -0.3 is 4.57 Å². The first-order valence-electron chi connectivity index (χ1n) is 19.4. The molecule has 0 saturated carbocycles. The summed E-state index contributed by atoms with van der Waals surface area (Å²) < 4.78 is 2.41. The molecule has 0 saturated heterocycles. The third-order valence-corrected chi connectivity index (χ3v) is 11.5. The van der Waals surface area contributed by atoms with Crippen molar-refractivity contribution in [1.29, 1.82) is 0 Å². The number of para-hydroxylation sites is 1. The van der Waals surface area contributed by atoms with Gasteiger partial charge >= 0.3 is 0 Å². The molecule has 0 N–H and O–H groups in total. The van der Waals surface area contributed by atoms with Crippen molar-refractivity contribution in [2.24, 2.45) is 0 Å². The Morgan fingerprint density at radius 2 is 0.727 bits per heavy atom. The molecule has 1 heteroatoms. The molecule has 0 bridgehead atoms. The van der Waals surface area contributed by atoms with E-state index in [9.17, 15) is 0 Å². The fraction of sp³-hybridized carbons (Fsp3) is 0.0741. The number of benzene rings is 9. The van der Waals surface area contributed by atoms with Gasteiger partial charge in [0.15, 0.2) is 0 Å². The molecule has 1 nitrogen and oxygen atoms in total. The molecule has 0 amide bonds. The summed E-state index contributed by atoms with van der Waals surface area (Å²) in [6.07, 6.45) is 0. The summed E-state index contributed by atoms with van der Waals surface area (Å²) in [6, 6.07) is 67.5. The second-order valence-corrected chi connectivity index (χ2v) is 14.9. The molecule has 10 aromatic rings. The monoisotopic (exact) mass is 703 g/mol. The van der Waals surface area contributed by atoms with Gasteiger partial charge in [-0.2, -0.15) is 0 Å². The Bertz CT molecular complexity index is 3040. The highest BCUT2D eigenvalue weighted by atomic mass is 15.0. The van der Waals surface area contributed by atoms with Crippen molar-refractivity contribution in [2.45, 2.75) is 27.3 Å². The summed E-state index contributed by atoms with van der Waals surface area (Å²) in [5.41, 5.74) is 17.5. The minimum atomic E-state index is 0.956. The Labute approximate surface area is 322 Å². The number of aryl methyl sites for hydroxylation is 3. The van der Waals surface area contributed by atoms with Crippen LogP contribution < -0.4 is 0 Å². The Morgan fingerprint density at radius 1 is 0.309 bits per heavy atom. The van der Waals surface area contributed by atoms with Crippen LogP contribution in [-0.4, -0.2) is 4.57 Å². The van der Waals surface area contributed by atoms with Crippen LogP contribution in [0.15, 0.2) is 182 Å². The number of aromatic nitrogens is 1. The summed E-state index contributed by atoms with van der Waals surface area (Å²) >= 11 is 0.